The van der Waals surface area contributed by atoms with E-state index in [-0.39, 0.29) is 11.4 Å². The van der Waals surface area contributed by atoms with Gasteiger partial charge in [-0.05, 0) is 32.2 Å². The Balaban J connectivity index is 2.35. The molecule has 114 valence electrons. The van der Waals surface area contributed by atoms with Crippen LogP contribution < -0.4 is 10.0 Å². The molecule has 0 amide bonds. The lowest BCUT2D eigenvalue weighted by molar-refractivity contribution is 0.591. The van der Waals surface area contributed by atoms with Crippen LogP contribution in [0.25, 0.3) is 0 Å². The normalized spacial score (nSPS) is 11.6. The monoisotopic (exact) mass is 312 g/mol. The number of anilines is 1. The van der Waals surface area contributed by atoms with E-state index in [9.17, 15) is 12.8 Å². The highest BCUT2D eigenvalue weighted by Crippen LogP contribution is 2.20. The molecule has 0 spiro atoms. The van der Waals surface area contributed by atoms with Crippen LogP contribution in [0.15, 0.2) is 29.3 Å². The van der Waals surface area contributed by atoms with E-state index in [1.807, 2.05) is 0 Å². The van der Waals surface area contributed by atoms with Crippen molar-refractivity contribution in [3.63, 3.8) is 0 Å². The number of nitrogens with zero attached hydrogens (tertiary/aromatic N) is 2. The maximum absolute atomic E-state index is 13.6. The molecule has 1 heterocycles. The molecule has 6 nitrogen and oxygen atoms in total. The first-order valence-corrected chi connectivity index (χ1v) is 7.78. The standard InChI is InChI=1S/C13H17FN4O2S/c1-9-13(8-18(3)16-9)17-21(19,20)11-4-5-12(14)10(6-11)7-15-2/h4-6,8,15,17H,7H2,1-3H3. The summed E-state index contributed by atoms with van der Waals surface area (Å²) in [4.78, 5) is 0.0115. The Bertz CT molecular complexity index is 756. The average Bonchev–Trinajstić information content (AvgIpc) is 2.70. The van der Waals surface area contributed by atoms with E-state index < -0.39 is 15.8 Å². The van der Waals surface area contributed by atoms with Crippen molar-refractivity contribution in [2.75, 3.05) is 11.8 Å². The molecule has 21 heavy (non-hydrogen) atoms. The van der Waals surface area contributed by atoms with Crippen molar-refractivity contribution in [1.29, 1.82) is 0 Å². The van der Waals surface area contributed by atoms with Gasteiger partial charge in [0, 0.05) is 25.4 Å². The predicted octanol–water partition coefficient (Wildman–Crippen LogP) is 1.39. The van der Waals surface area contributed by atoms with E-state index >= 15 is 0 Å². The highest BCUT2D eigenvalue weighted by Gasteiger charge is 2.18. The Morgan fingerprint density at radius 1 is 1.38 bits per heavy atom. The maximum Gasteiger partial charge on any atom is 0.262 e. The molecule has 2 rings (SSSR count). The molecule has 1 aromatic heterocycles. The highest BCUT2D eigenvalue weighted by molar-refractivity contribution is 7.92. The molecule has 0 atom stereocenters. The number of aryl methyl sites for hydroxylation is 2. The summed E-state index contributed by atoms with van der Waals surface area (Å²) in [5.74, 6) is -0.444. The average molecular weight is 312 g/mol. The van der Waals surface area contributed by atoms with Crippen molar-refractivity contribution >= 4 is 15.7 Å². The predicted molar refractivity (Wildman–Crippen MR) is 77.9 cm³/mol. The Hall–Kier alpha value is -1.93. The molecule has 0 radical (unpaired) electrons. The molecule has 0 aliphatic heterocycles. The van der Waals surface area contributed by atoms with Gasteiger partial charge in [0.05, 0.1) is 16.3 Å². The van der Waals surface area contributed by atoms with Crippen molar-refractivity contribution in [2.24, 2.45) is 7.05 Å². The van der Waals surface area contributed by atoms with Gasteiger partial charge in [0.25, 0.3) is 10.0 Å². The summed E-state index contributed by atoms with van der Waals surface area (Å²) in [7, 11) is -0.411. The second-order valence-electron chi connectivity index (χ2n) is 4.69. The molecule has 0 saturated carbocycles. The number of nitrogens with one attached hydrogen (secondary N) is 2. The van der Waals surface area contributed by atoms with Crippen LogP contribution in [0.2, 0.25) is 0 Å². The Morgan fingerprint density at radius 2 is 2.10 bits per heavy atom. The molecular weight excluding hydrogens is 295 g/mol. The van der Waals surface area contributed by atoms with Crippen LogP contribution >= 0.6 is 0 Å². The summed E-state index contributed by atoms with van der Waals surface area (Å²) in [5, 5.41) is 6.87. The quantitative estimate of drug-likeness (QED) is 0.875. The molecule has 1 aromatic carbocycles. The van der Waals surface area contributed by atoms with Gasteiger partial charge in [0.15, 0.2) is 0 Å². The fraction of sp³-hybridized carbons (Fsp3) is 0.308. The molecule has 0 aliphatic rings. The van der Waals surface area contributed by atoms with Gasteiger partial charge in [0.2, 0.25) is 0 Å². The van der Waals surface area contributed by atoms with E-state index in [1.165, 1.54) is 16.8 Å². The third kappa shape index (κ3) is 3.40. The second-order valence-corrected chi connectivity index (χ2v) is 6.37. The van der Waals surface area contributed by atoms with Crippen LogP contribution in [0.3, 0.4) is 0 Å². The van der Waals surface area contributed by atoms with Gasteiger partial charge in [0.1, 0.15) is 5.82 Å². The van der Waals surface area contributed by atoms with Crippen LogP contribution in [0.1, 0.15) is 11.3 Å². The number of benzene rings is 1. The number of hydrogen-bond acceptors (Lipinski definition) is 4. The van der Waals surface area contributed by atoms with Gasteiger partial charge >= 0.3 is 0 Å². The van der Waals surface area contributed by atoms with E-state index in [0.717, 1.165) is 6.07 Å². The third-order valence-electron chi connectivity index (χ3n) is 2.95. The third-order valence-corrected chi connectivity index (χ3v) is 4.32. The van der Waals surface area contributed by atoms with Crippen LogP contribution in [0.5, 0.6) is 0 Å². The fourth-order valence-electron chi connectivity index (χ4n) is 1.95. The van der Waals surface area contributed by atoms with Crippen LogP contribution in [0, 0.1) is 12.7 Å². The highest BCUT2D eigenvalue weighted by atomic mass is 32.2. The van der Waals surface area contributed by atoms with E-state index in [2.05, 4.69) is 15.1 Å². The minimum absolute atomic E-state index is 0.0115. The SMILES string of the molecule is CNCc1cc(S(=O)(=O)Nc2cn(C)nc2C)ccc1F. The van der Waals surface area contributed by atoms with Crippen LogP contribution in [0.4, 0.5) is 10.1 Å². The minimum atomic E-state index is -3.78. The van der Waals surface area contributed by atoms with Gasteiger partial charge in [-0.3, -0.25) is 9.40 Å². The van der Waals surface area contributed by atoms with E-state index in [4.69, 9.17) is 0 Å². The zero-order valence-electron chi connectivity index (χ0n) is 12.0. The van der Waals surface area contributed by atoms with Gasteiger partial charge in [-0.1, -0.05) is 0 Å². The number of halogens is 1. The summed E-state index contributed by atoms with van der Waals surface area (Å²) in [5.41, 5.74) is 1.26. The molecule has 0 fully saturated rings. The molecule has 8 heteroatoms. The van der Waals surface area contributed by atoms with Gasteiger partial charge in [-0.15, -0.1) is 0 Å². The minimum Gasteiger partial charge on any atom is -0.316 e. The number of hydrogen-bond donors (Lipinski definition) is 2. The number of aromatic nitrogens is 2. The lowest BCUT2D eigenvalue weighted by Crippen LogP contribution is -2.15. The van der Waals surface area contributed by atoms with Crippen molar-refractivity contribution in [2.45, 2.75) is 18.4 Å². The van der Waals surface area contributed by atoms with E-state index in [1.54, 1.807) is 27.2 Å². The zero-order chi connectivity index (χ0) is 15.6. The molecule has 2 aromatic rings. The largest absolute Gasteiger partial charge is 0.316 e. The van der Waals surface area contributed by atoms with Crippen molar-refractivity contribution < 1.29 is 12.8 Å². The lowest BCUT2D eigenvalue weighted by Gasteiger charge is -2.09. The molecule has 0 unspecified atom stereocenters. The second kappa shape index (κ2) is 5.82. The summed E-state index contributed by atoms with van der Waals surface area (Å²) in [6, 6.07) is 3.71. The molecule has 2 N–H and O–H groups in total. The van der Waals surface area contributed by atoms with Crippen LogP contribution in [-0.4, -0.2) is 25.2 Å². The maximum atomic E-state index is 13.6. The van der Waals surface area contributed by atoms with Gasteiger partial charge < -0.3 is 5.32 Å². The summed E-state index contributed by atoms with van der Waals surface area (Å²) < 4.78 is 42.2. The summed E-state index contributed by atoms with van der Waals surface area (Å²) in [6.45, 7) is 1.95. The first-order valence-electron chi connectivity index (χ1n) is 6.29. The summed E-state index contributed by atoms with van der Waals surface area (Å²) >= 11 is 0. The number of sulfonamides is 1. The Morgan fingerprint density at radius 3 is 2.67 bits per heavy atom. The molecule has 0 saturated heterocycles. The summed E-state index contributed by atoms with van der Waals surface area (Å²) in [6.07, 6.45) is 1.57. The van der Waals surface area contributed by atoms with Crippen molar-refractivity contribution in [3.05, 3.63) is 41.5 Å². The first-order chi connectivity index (χ1) is 9.83. The van der Waals surface area contributed by atoms with Crippen molar-refractivity contribution in [3.8, 4) is 0 Å². The Kier molecular flexibility index (Phi) is 4.29. The van der Waals surface area contributed by atoms with Crippen molar-refractivity contribution in [1.82, 2.24) is 15.1 Å². The van der Waals surface area contributed by atoms with Crippen LogP contribution in [-0.2, 0) is 23.6 Å². The molecule has 0 bridgehead atoms. The van der Waals surface area contributed by atoms with E-state index in [0.29, 0.717) is 16.9 Å². The Labute approximate surface area is 123 Å². The lowest BCUT2D eigenvalue weighted by atomic mass is 10.2. The first kappa shape index (κ1) is 15.5. The number of rotatable bonds is 5. The van der Waals surface area contributed by atoms with Gasteiger partial charge in [-0.2, -0.15) is 5.10 Å². The zero-order valence-corrected chi connectivity index (χ0v) is 12.8. The molecular formula is C13H17FN4O2S. The smallest absolute Gasteiger partial charge is 0.262 e. The fourth-order valence-corrected chi connectivity index (χ4v) is 3.10. The molecule has 0 aliphatic carbocycles. The van der Waals surface area contributed by atoms with Gasteiger partial charge in [-0.25, -0.2) is 12.8 Å². The topological polar surface area (TPSA) is 76.0 Å².